The Morgan fingerprint density at radius 1 is 1.32 bits per heavy atom. The third-order valence-corrected chi connectivity index (χ3v) is 6.76. The molecular weight excluding hydrogens is 392 g/mol. The number of rotatable bonds is 5. The van der Waals surface area contributed by atoms with Crippen molar-refractivity contribution in [2.45, 2.75) is 31.4 Å². The first kappa shape index (κ1) is 19.5. The molecule has 0 radical (unpaired) electrons. The topological polar surface area (TPSA) is 43.0 Å². The molecule has 1 aromatic carbocycles. The van der Waals surface area contributed by atoms with Crippen molar-refractivity contribution in [2.75, 3.05) is 33.9 Å². The molecule has 3 heterocycles. The fourth-order valence-electron chi connectivity index (χ4n) is 4.03. The van der Waals surface area contributed by atoms with Gasteiger partial charge in [0.1, 0.15) is 0 Å². The number of nitrogens with zero attached hydrogens (tertiary/aromatic N) is 1. The van der Waals surface area contributed by atoms with Gasteiger partial charge in [-0.2, -0.15) is 0 Å². The van der Waals surface area contributed by atoms with Crippen molar-refractivity contribution < 1.29 is 14.2 Å². The van der Waals surface area contributed by atoms with Crippen LogP contribution in [0.5, 0.6) is 11.5 Å². The quantitative estimate of drug-likeness (QED) is 0.746. The second kappa shape index (κ2) is 8.68. The number of fused-ring (bicyclic) bond motifs is 1. The van der Waals surface area contributed by atoms with Gasteiger partial charge < -0.3 is 24.4 Å². The van der Waals surface area contributed by atoms with Gasteiger partial charge in [0.05, 0.1) is 26.4 Å². The number of nitrogens with one attached hydrogen (secondary N) is 1. The van der Waals surface area contributed by atoms with E-state index in [9.17, 15) is 0 Å². The van der Waals surface area contributed by atoms with Crippen LogP contribution in [-0.2, 0) is 11.2 Å². The predicted molar refractivity (Wildman–Crippen MR) is 116 cm³/mol. The molecule has 0 bridgehead atoms. The van der Waals surface area contributed by atoms with E-state index in [1.807, 2.05) is 0 Å². The zero-order valence-corrected chi connectivity index (χ0v) is 17.9. The molecule has 0 aliphatic carbocycles. The van der Waals surface area contributed by atoms with Gasteiger partial charge in [-0.25, -0.2) is 0 Å². The summed E-state index contributed by atoms with van der Waals surface area (Å²) in [6, 6.07) is 8.56. The van der Waals surface area contributed by atoms with Crippen LogP contribution in [-0.4, -0.2) is 50.0 Å². The lowest BCUT2D eigenvalue weighted by Crippen LogP contribution is -2.47. The van der Waals surface area contributed by atoms with E-state index in [0.717, 1.165) is 55.6 Å². The Morgan fingerprint density at radius 2 is 2.14 bits per heavy atom. The molecule has 7 heteroatoms. The Hall–Kier alpha value is -1.83. The Morgan fingerprint density at radius 3 is 2.82 bits per heavy atom. The van der Waals surface area contributed by atoms with Crippen LogP contribution in [0.25, 0.3) is 0 Å². The van der Waals surface area contributed by atoms with Gasteiger partial charge in [-0.3, -0.25) is 0 Å². The van der Waals surface area contributed by atoms with E-state index in [-0.39, 0.29) is 12.1 Å². The van der Waals surface area contributed by atoms with Crippen LogP contribution in [0.15, 0.2) is 29.6 Å². The Bertz CT molecular complexity index is 819. The molecule has 1 fully saturated rings. The van der Waals surface area contributed by atoms with Gasteiger partial charge >= 0.3 is 0 Å². The summed E-state index contributed by atoms with van der Waals surface area (Å²) < 4.78 is 16.8. The van der Waals surface area contributed by atoms with Crippen LogP contribution in [0.3, 0.4) is 0 Å². The fraction of sp³-hybridized carbons (Fsp3) is 0.476. The van der Waals surface area contributed by atoms with E-state index in [1.165, 1.54) is 16.0 Å². The number of thiophene rings is 1. The molecule has 0 saturated carbocycles. The molecule has 2 atom stereocenters. The van der Waals surface area contributed by atoms with E-state index in [2.05, 4.69) is 39.9 Å². The second-order valence-corrected chi connectivity index (χ2v) is 8.45. The highest BCUT2D eigenvalue weighted by molar-refractivity contribution is 7.80. The maximum Gasteiger partial charge on any atom is 0.169 e. The predicted octanol–water partition coefficient (Wildman–Crippen LogP) is 3.77. The van der Waals surface area contributed by atoms with Crippen LogP contribution < -0.4 is 14.8 Å². The first-order valence-electron chi connectivity index (χ1n) is 9.65. The third-order valence-electron chi connectivity index (χ3n) is 5.45. The van der Waals surface area contributed by atoms with Crippen molar-refractivity contribution in [2.24, 2.45) is 0 Å². The van der Waals surface area contributed by atoms with Crippen LogP contribution in [0.4, 0.5) is 0 Å². The molecule has 4 rings (SSSR count). The summed E-state index contributed by atoms with van der Waals surface area (Å²) in [5.74, 6) is 1.53. The summed E-state index contributed by atoms with van der Waals surface area (Å²) in [5.41, 5.74) is 2.52. The molecule has 1 N–H and O–H groups in total. The molecule has 2 aliphatic heterocycles. The molecule has 2 aromatic rings. The van der Waals surface area contributed by atoms with Gasteiger partial charge in [0.25, 0.3) is 0 Å². The van der Waals surface area contributed by atoms with Crippen molar-refractivity contribution in [3.8, 4) is 11.5 Å². The van der Waals surface area contributed by atoms with E-state index >= 15 is 0 Å². The van der Waals surface area contributed by atoms with Crippen molar-refractivity contribution in [1.29, 1.82) is 0 Å². The minimum Gasteiger partial charge on any atom is -0.493 e. The molecule has 5 nitrogen and oxygen atoms in total. The summed E-state index contributed by atoms with van der Waals surface area (Å²) in [6.45, 7) is 2.49. The number of thiocarbonyl (C=S) groups is 1. The second-order valence-electron chi connectivity index (χ2n) is 7.09. The number of hydrogen-bond acceptors (Lipinski definition) is 5. The maximum atomic E-state index is 5.81. The number of ether oxygens (including phenoxy) is 3. The minimum absolute atomic E-state index is 0.0769. The first-order valence-corrected chi connectivity index (χ1v) is 10.9. The fourth-order valence-corrected chi connectivity index (χ4v) is 5.16. The Balaban J connectivity index is 1.63. The van der Waals surface area contributed by atoms with E-state index in [4.69, 9.17) is 26.4 Å². The number of methoxy groups -OCH3 is 2. The molecule has 1 saturated heterocycles. The molecule has 150 valence electrons. The maximum absolute atomic E-state index is 5.81. The van der Waals surface area contributed by atoms with Gasteiger partial charge in [-0.15, -0.1) is 11.3 Å². The SMILES string of the molecule is COc1cc2c(cc1OC)[C@H](c1cccs1)N(C(=S)NC[C@H]1CCCO1)CC2. The smallest absolute Gasteiger partial charge is 0.169 e. The average Bonchev–Trinajstić information content (AvgIpc) is 3.44. The van der Waals surface area contributed by atoms with Crippen LogP contribution >= 0.6 is 23.6 Å². The lowest BCUT2D eigenvalue weighted by molar-refractivity contribution is 0.113. The normalized spacial score (nSPS) is 21.3. The summed E-state index contributed by atoms with van der Waals surface area (Å²) in [6.07, 6.45) is 3.42. The van der Waals surface area contributed by atoms with Crippen molar-refractivity contribution >= 4 is 28.7 Å². The molecule has 1 aromatic heterocycles. The van der Waals surface area contributed by atoms with Crippen LogP contribution in [0.2, 0.25) is 0 Å². The van der Waals surface area contributed by atoms with E-state index in [0.29, 0.717) is 0 Å². The molecule has 0 spiro atoms. The molecule has 2 aliphatic rings. The van der Waals surface area contributed by atoms with Gasteiger partial charge in [0.2, 0.25) is 0 Å². The summed E-state index contributed by atoms with van der Waals surface area (Å²) in [7, 11) is 3.36. The summed E-state index contributed by atoms with van der Waals surface area (Å²) >= 11 is 7.56. The van der Waals surface area contributed by atoms with Crippen LogP contribution in [0.1, 0.15) is 34.9 Å². The highest BCUT2D eigenvalue weighted by Gasteiger charge is 2.32. The first-order chi connectivity index (χ1) is 13.7. The summed E-state index contributed by atoms with van der Waals surface area (Å²) in [4.78, 5) is 3.57. The minimum atomic E-state index is 0.0769. The Labute approximate surface area is 175 Å². The van der Waals surface area contributed by atoms with Gasteiger partial charge in [-0.05, 0) is 66.2 Å². The zero-order valence-electron chi connectivity index (χ0n) is 16.3. The monoisotopic (exact) mass is 418 g/mol. The van der Waals surface area contributed by atoms with Crippen molar-refractivity contribution in [3.05, 3.63) is 45.6 Å². The molecule has 0 unspecified atom stereocenters. The number of benzene rings is 1. The van der Waals surface area contributed by atoms with Gasteiger partial charge in [0, 0.05) is 24.6 Å². The lowest BCUT2D eigenvalue weighted by Gasteiger charge is -2.39. The number of hydrogen-bond donors (Lipinski definition) is 1. The molecular formula is C21H26N2O3S2. The van der Waals surface area contributed by atoms with E-state index in [1.54, 1.807) is 25.6 Å². The van der Waals surface area contributed by atoms with Crippen LogP contribution in [0, 0.1) is 0 Å². The zero-order chi connectivity index (χ0) is 19.5. The Kier molecular flexibility index (Phi) is 6.04. The van der Waals surface area contributed by atoms with E-state index < -0.39 is 0 Å². The standard InChI is InChI=1S/C21H26N2O3S2/c1-24-17-11-14-7-8-23(21(27)22-13-15-5-3-9-26-15)20(19-6-4-10-28-19)16(14)12-18(17)25-2/h4,6,10-12,15,20H,3,5,7-9,13H2,1-2H3,(H,22,27)/t15-,20-/m1/s1. The largest absolute Gasteiger partial charge is 0.493 e. The van der Waals surface area contributed by atoms with Gasteiger partial charge in [0.15, 0.2) is 16.6 Å². The third kappa shape index (κ3) is 3.83. The van der Waals surface area contributed by atoms with Gasteiger partial charge in [-0.1, -0.05) is 6.07 Å². The highest BCUT2D eigenvalue weighted by atomic mass is 32.1. The lowest BCUT2D eigenvalue weighted by atomic mass is 9.91. The van der Waals surface area contributed by atoms with Crippen molar-refractivity contribution in [1.82, 2.24) is 10.2 Å². The highest BCUT2D eigenvalue weighted by Crippen LogP contribution is 2.42. The molecule has 0 amide bonds. The molecule has 28 heavy (non-hydrogen) atoms. The average molecular weight is 419 g/mol. The summed E-state index contributed by atoms with van der Waals surface area (Å²) in [5, 5.41) is 6.35. The van der Waals surface area contributed by atoms with Crippen molar-refractivity contribution in [3.63, 3.8) is 0 Å².